The fraction of sp³-hybridized carbons (Fsp3) is 0.200. The van der Waals surface area contributed by atoms with Crippen molar-refractivity contribution in [2.24, 2.45) is 0 Å². The maximum absolute atomic E-state index is 12.9. The molecule has 0 radical (unpaired) electrons. The number of aryl methyl sites for hydroxylation is 1. The maximum atomic E-state index is 12.9. The first kappa shape index (κ1) is 18.5. The molecule has 1 heterocycles. The first-order valence-electron chi connectivity index (χ1n) is 9.10. The Morgan fingerprint density at radius 3 is 2.31 bits per heavy atom. The molecule has 0 saturated carbocycles. The SMILES string of the molecule is O=C(Nc1c2c(nc3ccccc13)CCCC2)c1cc([N+](=O)[O-])cc([N+](=O)[O-])c1. The highest BCUT2D eigenvalue weighted by atomic mass is 16.6. The molecule has 0 fully saturated rings. The van der Waals surface area contributed by atoms with E-state index < -0.39 is 27.1 Å². The molecule has 9 nitrogen and oxygen atoms in total. The zero-order valence-electron chi connectivity index (χ0n) is 15.3. The largest absolute Gasteiger partial charge is 0.321 e. The molecule has 0 aliphatic heterocycles. The summed E-state index contributed by atoms with van der Waals surface area (Å²) >= 11 is 0. The molecule has 1 aliphatic rings. The molecule has 1 aliphatic carbocycles. The zero-order chi connectivity index (χ0) is 20.5. The third kappa shape index (κ3) is 3.49. The summed E-state index contributed by atoms with van der Waals surface area (Å²) in [4.78, 5) is 38.3. The van der Waals surface area contributed by atoms with E-state index in [1.807, 2.05) is 24.3 Å². The summed E-state index contributed by atoms with van der Waals surface area (Å²) in [6.07, 6.45) is 3.56. The summed E-state index contributed by atoms with van der Waals surface area (Å²) in [7, 11) is 0. The van der Waals surface area contributed by atoms with Crippen LogP contribution in [0.3, 0.4) is 0 Å². The Morgan fingerprint density at radius 1 is 0.966 bits per heavy atom. The number of amides is 1. The van der Waals surface area contributed by atoms with Crippen molar-refractivity contribution in [2.75, 3.05) is 5.32 Å². The van der Waals surface area contributed by atoms with Gasteiger partial charge in [-0.2, -0.15) is 0 Å². The quantitative estimate of drug-likeness (QED) is 0.524. The second kappa shape index (κ2) is 7.27. The normalized spacial score (nSPS) is 13.0. The summed E-state index contributed by atoms with van der Waals surface area (Å²) in [5.41, 5.74) is 2.07. The Hall–Kier alpha value is -3.88. The minimum Gasteiger partial charge on any atom is -0.321 e. The summed E-state index contributed by atoms with van der Waals surface area (Å²) < 4.78 is 0. The highest BCUT2D eigenvalue weighted by molar-refractivity contribution is 6.10. The molecule has 3 aromatic rings. The van der Waals surface area contributed by atoms with Gasteiger partial charge >= 0.3 is 0 Å². The number of carbonyl (C=O) groups is 1. The smallest absolute Gasteiger partial charge is 0.277 e. The van der Waals surface area contributed by atoms with Gasteiger partial charge in [-0.25, -0.2) is 0 Å². The Balaban J connectivity index is 1.81. The predicted molar refractivity (Wildman–Crippen MR) is 106 cm³/mol. The first-order chi connectivity index (χ1) is 13.9. The van der Waals surface area contributed by atoms with E-state index in [4.69, 9.17) is 4.98 Å². The number of hydrogen-bond donors (Lipinski definition) is 1. The van der Waals surface area contributed by atoms with E-state index in [1.165, 1.54) is 0 Å². The average Bonchev–Trinajstić information content (AvgIpc) is 2.73. The molecule has 1 N–H and O–H groups in total. The fourth-order valence-electron chi connectivity index (χ4n) is 3.64. The number of fused-ring (bicyclic) bond motifs is 2. The number of anilines is 1. The molecule has 0 unspecified atom stereocenters. The Labute approximate surface area is 164 Å². The van der Waals surface area contributed by atoms with Gasteiger partial charge in [0.25, 0.3) is 17.3 Å². The number of nitrogens with zero attached hydrogens (tertiary/aromatic N) is 3. The van der Waals surface area contributed by atoms with E-state index in [-0.39, 0.29) is 5.56 Å². The molecule has 0 bridgehead atoms. The van der Waals surface area contributed by atoms with E-state index in [2.05, 4.69) is 5.32 Å². The van der Waals surface area contributed by atoms with Crippen molar-refractivity contribution in [3.63, 3.8) is 0 Å². The van der Waals surface area contributed by atoms with E-state index in [0.29, 0.717) is 5.69 Å². The third-order valence-electron chi connectivity index (χ3n) is 4.99. The monoisotopic (exact) mass is 392 g/mol. The van der Waals surface area contributed by atoms with Crippen molar-refractivity contribution < 1.29 is 14.6 Å². The number of para-hydroxylation sites is 1. The van der Waals surface area contributed by atoms with Crippen LogP contribution < -0.4 is 5.32 Å². The standard InChI is InChI=1S/C20H16N4O5/c25-20(12-9-13(23(26)27)11-14(10-12)24(28)29)22-19-15-5-1-3-7-17(15)21-18-8-4-2-6-16(18)19/h1,3,5,7,9-11H,2,4,6,8H2,(H,21,22,25). The highest BCUT2D eigenvalue weighted by Gasteiger charge is 2.23. The van der Waals surface area contributed by atoms with Gasteiger partial charge in [0.1, 0.15) is 0 Å². The van der Waals surface area contributed by atoms with E-state index in [9.17, 15) is 25.0 Å². The Bertz CT molecular complexity index is 1140. The molecule has 4 rings (SSSR count). The van der Waals surface area contributed by atoms with Crippen molar-refractivity contribution >= 4 is 33.9 Å². The van der Waals surface area contributed by atoms with Gasteiger partial charge < -0.3 is 5.32 Å². The third-order valence-corrected chi connectivity index (χ3v) is 4.99. The number of benzene rings is 2. The lowest BCUT2D eigenvalue weighted by molar-refractivity contribution is -0.394. The fourth-order valence-corrected chi connectivity index (χ4v) is 3.64. The molecule has 1 aromatic heterocycles. The number of nitro benzene ring substituents is 2. The highest BCUT2D eigenvalue weighted by Crippen LogP contribution is 2.34. The number of aromatic nitrogens is 1. The van der Waals surface area contributed by atoms with Gasteiger partial charge in [0, 0.05) is 23.2 Å². The topological polar surface area (TPSA) is 128 Å². The van der Waals surface area contributed by atoms with Crippen molar-refractivity contribution in [1.82, 2.24) is 4.98 Å². The summed E-state index contributed by atoms with van der Waals surface area (Å²) in [6.45, 7) is 0. The van der Waals surface area contributed by atoms with Crippen LogP contribution in [0.25, 0.3) is 10.9 Å². The molecule has 9 heteroatoms. The number of pyridine rings is 1. The van der Waals surface area contributed by atoms with Crippen LogP contribution in [-0.4, -0.2) is 20.7 Å². The molecule has 0 saturated heterocycles. The molecule has 2 aromatic carbocycles. The van der Waals surface area contributed by atoms with Crippen molar-refractivity contribution in [3.05, 3.63) is 79.5 Å². The Kier molecular flexibility index (Phi) is 4.63. The molecule has 0 spiro atoms. The Morgan fingerprint density at radius 2 is 1.62 bits per heavy atom. The van der Waals surface area contributed by atoms with Gasteiger partial charge in [0.05, 0.1) is 32.7 Å². The molecule has 0 atom stereocenters. The first-order valence-corrected chi connectivity index (χ1v) is 9.10. The second-order valence-corrected chi connectivity index (χ2v) is 6.84. The van der Waals surface area contributed by atoms with Crippen LogP contribution in [0.15, 0.2) is 42.5 Å². The molecule has 1 amide bonds. The summed E-state index contributed by atoms with van der Waals surface area (Å²) in [5.74, 6) is -0.638. The molecular formula is C20H16N4O5. The maximum Gasteiger partial charge on any atom is 0.277 e. The van der Waals surface area contributed by atoms with E-state index >= 15 is 0 Å². The van der Waals surface area contributed by atoms with Crippen LogP contribution in [0.4, 0.5) is 17.1 Å². The van der Waals surface area contributed by atoms with Gasteiger partial charge in [-0.3, -0.25) is 30.0 Å². The number of hydrogen-bond acceptors (Lipinski definition) is 6. The minimum atomic E-state index is -0.756. The number of carbonyl (C=O) groups excluding carboxylic acids is 1. The van der Waals surface area contributed by atoms with Crippen LogP contribution in [0.1, 0.15) is 34.5 Å². The van der Waals surface area contributed by atoms with Gasteiger partial charge in [0.15, 0.2) is 0 Å². The van der Waals surface area contributed by atoms with Crippen molar-refractivity contribution in [1.29, 1.82) is 0 Å². The molecular weight excluding hydrogens is 376 g/mol. The summed E-state index contributed by atoms with van der Waals surface area (Å²) in [6, 6.07) is 10.3. The lowest BCUT2D eigenvalue weighted by Crippen LogP contribution is -2.17. The molecule has 146 valence electrons. The van der Waals surface area contributed by atoms with Gasteiger partial charge in [0.2, 0.25) is 0 Å². The van der Waals surface area contributed by atoms with Crippen LogP contribution in [0.2, 0.25) is 0 Å². The number of nitrogens with one attached hydrogen (secondary N) is 1. The van der Waals surface area contributed by atoms with Crippen molar-refractivity contribution in [3.8, 4) is 0 Å². The van der Waals surface area contributed by atoms with Crippen LogP contribution >= 0.6 is 0 Å². The lowest BCUT2D eigenvalue weighted by Gasteiger charge is -2.21. The van der Waals surface area contributed by atoms with Crippen molar-refractivity contribution in [2.45, 2.75) is 25.7 Å². The summed E-state index contributed by atoms with van der Waals surface area (Å²) in [5, 5.41) is 25.8. The zero-order valence-corrected chi connectivity index (χ0v) is 15.3. The second-order valence-electron chi connectivity index (χ2n) is 6.84. The number of rotatable bonds is 4. The number of nitro groups is 2. The van der Waals surface area contributed by atoms with E-state index in [1.54, 1.807) is 0 Å². The predicted octanol–water partition coefficient (Wildman–Crippen LogP) is 4.18. The van der Waals surface area contributed by atoms with Gasteiger partial charge in [-0.1, -0.05) is 18.2 Å². The average molecular weight is 392 g/mol. The van der Waals surface area contributed by atoms with Crippen LogP contribution in [0.5, 0.6) is 0 Å². The number of non-ortho nitro benzene ring substituents is 2. The van der Waals surface area contributed by atoms with E-state index in [0.717, 1.165) is 66.0 Å². The molecule has 29 heavy (non-hydrogen) atoms. The van der Waals surface area contributed by atoms with Gasteiger partial charge in [-0.15, -0.1) is 0 Å². The minimum absolute atomic E-state index is 0.142. The van der Waals surface area contributed by atoms with Crippen LogP contribution in [-0.2, 0) is 12.8 Å². The van der Waals surface area contributed by atoms with Gasteiger partial charge in [-0.05, 0) is 37.3 Å². The lowest BCUT2D eigenvalue weighted by atomic mass is 9.92. The van der Waals surface area contributed by atoms with Crippen LogP contribution in [0, 0.1) is 20.2 Å².